The fraction of sp³-hybridized carbons (Fsp3) is 0. The molecule has 5 nitrogen and oxygen atoms in total. The van der Waals surface area contributed by atoms with Gasteiger partial charge in [0.1, 0.15) is 0 Å². The van der Waals surface area contributed by atoms with E-state index < -0.39 is 7.82 Å². The van der Waals surface area contributed by atoms with Gasteiger partial charge in [-0.1, -0.05) is 0 Å². The van der Waals surface area contributed by atoms with E-state index in [0.717, 1.165) is 0 Å². The van der Waals surface area contributed by atoms with Crippen LogP contribution in [0.2, 0.25) is 0 Å². The van der Waals surface area contributed by atoms with E-state index in [1.807, 2.05) is 0 Å². The van der Waals surface area contributed by atoms with Crippen LogP contribution in [0.15, 0.2) is 0 Å². The minimum absolute atomic E-state index is 0. The topological polar surface area (TPSA) is 116 Å². The van der Waals surface area contributed by atoms with Crippen LogP contribution in [-0.2, 0) is 43.5 Å². The summed E-state index contributed by atoms with van der Waals surface area (Å²) in [5.74, 6) is 0. The Kier molecular flexibility index (Phi) is 23.7. The van der Waals surface area contributed by atoms with Crippen molar-refractivity contribution in [1.29, 1.82) is 0 Å². The number of hydrogen-bond donors (Lipinski definition) is 0. The van der Waals surface area contributed by atoms with Gasteiger partial charge < -0.3 is 24.7 Å². The van der Waals surface area contributed by atoms with Gasteiger partial charge in [0, 0.05) is 0 Å². The molecule has 0 atom stereocenters. The Hall–Kier alpha value is 1.32. The summed E-state index contributed by atoms with van der Waals surface area (Å²) >= 11 is 0. The summed E-state index contributed by atoms with van der Waals surface area (Å²) in [7, 11) is -5.39. The fourth-order valence-corrected chi connectivity index (χ4v) is 0. The first-order valence-electron chi connectivity index (χ1n) is 0.730. The van der Waals surface area contributed by atoms with Crippen molar-refractivity contribution in [3.8, 4) is 0 Å². The molecule has 0 rings (SSSR count). The third kappa shape index (κ3) is 168. The Morgan fingerprint density at radius 2 is 1.00 bits per heavy atom. The number of rotatable bonds is 0. The zero-order chi connectivity index (χ0) is 4.50. The Morgan fingerprint density at radius 1 is 1.00 bits per heavy atom. The van der Waals surface area contributed by atoms with Crippen LogP contribution in [0.25, 0.3) is 0 Å². The van der Waals surface area contributed by atoms with Crippen LogP contribution < -0.4 is 14.7 Å². The van der Waals surface area contributed by atoms with Crippen molar-refractivity contribution in [3.05, 3.63) is 0 Å². The normalized spacial score (nSPS) is 7.38. The predicted molar refractivity (Wildman–Crippen MR) is 9.54 cm³/mol. The second kappa shape index (κ2) is 8.32. The van der Waals surface area contributed by atoms with Gasteiger partial charge in [-0.25, -0.2) is 0 Å². The first kappa shape index (κ1) is 22.8. The van der Waals surface area contributed by atoms with Crippen molar-refractivity contribution < 1.29 is 63.7 Å². The van der Waals surface area contributed by atoms with E-state index in [4.69, 9.17) is 19.2 Å². The molecule has 8 heteroatoms. The maximum Gasteiger partial charge on any atom is 2.00 e. The van der Waals surface area contributed by atoms with Crippen molar-refractivity contribution in [2.24, 2.45) is 0 Å². The van der Waals surface area contributed by atoms with Crippen LogP contribution in [0.1, 0.15) is 0 Å². The van der Waals surface area contributed by atoms with Gasteiger partial charge in [-0.05, 0) is 0 Å². The van der Waals surface area contributed by atoms with E-state index >= 15 is 0 Å². The molecule has 0 saturated carbocycles. The number of phosphoric acid groups is 1. The maximum atomic E-state index is 8.55. The minimum Gasteiger partial charge on any atom is -0.870 e. The van der Waals surface area contributed by atoms with E-state index in [-0.39, 0.29) is 44.4 Å². The third-order valence-electron chi connectivity index (χ3n) is 0. The molecular weight excluding hydrogens is 242 g/mol. The van der Waals surface area contributed by atoms with Crippen molar-refractivity contribution in [3.63, 3.8) is 0 Å². The molecule has 8 heavy (non-hydrogen) atoms. The average molecular weight is 243 g/mol. The zero-order valence-corrected chi connectivity index (χ0v) is 10.8. The van der Waals surface area contributed by atoms with Crippen molar-refractivity contribution >= 4 is 7.82 Å². The first-order valence-corrected chi connectivity index (χ1v) is 2.19. The smallest absolute Gasteiger partial charge is 0.870 e. The van der Waals surface area contributed by atoms with Gasteiger partial charge in [-0.15, -0.1) is 0 Å². The monoisotopic (exact) mass is 240 g/mol. The molecule has 0 bridgehead atoms. The second-order valence-electron chi connectivity index (χ2n) is 0.447. The molecule has 0 unspecified atom stereocenters. The third-order valence-corrected chi connectivity index (χ3v) is 0. The summed E-state index contributed by atoms with van der Waals surface area (Å²) in [6.07, 6.45) is 0. The van der Waals surface area contributed by atoms with E-state index in [0.29, 0.717) is 0 Å². The Bertz CT molecular complexity index is 56.6. The first-order chi connectivity index (χ1) is 2.00. The molecule has 0 aliphatic carbocycles. The molecular formula is HO5PZn2. The molecule has 0 aromatic heterocycles. The summed E-state index contributed by atoms with van der Waals surface area (Å²) in [6, 6.07) is 0. The van der Waals surface area contributed by atoms with Gasteiger partial charge in [0.25, 0.3) is 0 Å². The molecule has 0 amide bonds. The van der Waals surface area contributed by atoms with Gasteiger partial charge in [0.15, 0.2) is 0 Å². The largest absolute Gasteiger partial charge is 2.00 e. The zero-order valence-electron chi connectivity index (χ0n) is 3.94. The van der Waals surface area contributed by atoms with Crippen LogP contribution in [0.4, 0.5) is 0 Å². The van der Waals surface area contributed by atoms with Crippen LogP contribution in [0.5, 0.6) is 0 Å². The fourth-order valence-electron chi connectivity index (χ4n) is 0. The van der Waals surface area contributed by atoms with Crippen molar-refractivity contribution in [2.45, 2.75) is 0 Å². The van der Waals surface area contributed by atoms with Gasteiger partial charge in [-0.2, -0.15) is 7.82 Å². The van der Waals surface area contributed by atoms with Gasteiger partial charge in [0.05, 0.1) is 0 Å². The SMILES string of the molecule is O=P([O-])([O-])[O-].[OH-].[Zn+2].[Zn+2]. The maximum absolute atomic E-state index is 8.55. The molecule has 40 valence electrons. The van der Waals surface area contributed by atoms with E-state index in [1.165, 1.54) is 0 Å². The molecule has 0 aromatic rings. The standard InChI is InChI=1S/H3O4P.H2O.2Zn/c1-5(2,3)4;;;/h(H3,1,2,3,4);1H2;;/q;;2*+2/p-4. The second-order valence-corrected chi connectivity index (χ2v) is 1.34. The predicted octanol–water partition coefficient (Wildman–Crippen LogP) is -3.01. The van der Waals surface area contributed by atoms with Gasteiger partial charge in [0.2, 0.25) is 0 Å². The van der Waals surface area contributed by atoms with Crippen LogP contribution in [0.3, 0.4) is 0 Å². The average Bonchev–Trinajstić information content (AvgIpc) is 0.722. The molecule has 0 aliphatic rings. The Balaban J connectivity index is -0.0000000267. The summed E-state index contributed by atoms with van der Waals surface area (Å²) in [4.78, 5) is 25.6. The molecule has 0 saturated heterocycles. The molecule has 0 aliphatic heterocycles. The minimum atomic E-state index is -5.39. The van der Waals surface area contributed by atoms with E-state index in [1.54, 1.807) is 0 Å². The van der Waals surface area contributed by atoms with E-state index in [2.05, 4.69) is 0 Å². The number of hydrogen-bond acceptors (Lipinski definition) is 5. The summed E-state index contributed by atoms with van der Waals surface area (Å²) in [6.45, 7) is 0. The summed E-state index contributed by atoms with van der Waals surface area (Å²) in [5, 5.41) is 0. The molecule has 0 fully saturated rings. The Labute approximate surface area is 71.6 Å². The van der Waals surface area contributed by atoms with Crippen LogP contribution in [0, 0.1) is 0 Å². The van der Waals surface area contributed by atoms with Crippen molar-refractivity contribution in [2.75, 3.05) is 0 Å². The molecule has 0 radical (unpaired) electrons. The molecule has 1 N–H and O–H groups in total. The van der Waals surface area contributed by atoms with Gasteiger partial charge >= 0.3 is 39.0 Å². The summed E-state index contributed by atoms with van der Waals surface area (Å²) in [5.41, 5.74) is 0. The molecule has 0 heterocycles. The Morgan fingerprint density at radius 3 is 1.00 bits per heavy atom. The van der Waals surface area contributed by atoms with Crippen LogP contribution >= 0.6 is 7.82 Å². The van der Waals surface area contributed by atoms with Crippen molar-refractivity contribution in [1.82, 2.24) is 0 Å². The van der Waals surface area contributed by atoms with Gasteiger partial charge in [-0.3, -0.25) is 0 Å². The molecule has 0 aromatic carbocycles. The summed E-state index contributed by atoms with van der Waals surface area (Å²) < 4.78 is 8.55. The molecule has 0 spiro atoms. The van der Waals surface area contributed by atoms with E-state index in [9.17, 15) is 0 Å². The quantitative estimate of drug-likeness (QED) is 0.331. The van der Waals surface area contributed by atoms with Crippen LogP contribution in [-0.4, -0.2) is 5.48 Å².